The third kappa shape index (κ3) is 4.20. The maximum Gasteiger partial charge on any atom is 0.392 e. The first-order chi connectivity index (χ1) is 18.1. The number of halogens is 4. The fourth-order valence-electron chi connectivity index (χ4n) is 6.84. The van der Waals surface area contributed by atoms with Crippen molar-refractivity contribution in [2.24, 2.45) is 23.2 Å². The lowest BCUT2D eigenvalue weighted by Gasteiger charge is -2.51. The van der Waals surface area contributed by atoms with Gasteiger partial charge in [-0.2, -0.15) is 18.3 Å². The first-order valence-corrected chi connectivity index (χ1v) is 13.0. The first kappa shape index (κ1) is 24.8. The maximum absolute atomic E-state index is 14.2. The van der Waals surface area contributed by atoms with E-state index in [1.165, 1.54) is 29.8 Å². The molecule has 1 unspecified atom stereocenters. The molecule has 3 aliphatic rings. The highest BCUT2D eigenvalue weighted by Crippen LogP contribution is 2.58. The van der Waals surface area contributed by atoms with Crippen LogP contribution in [0.3, 0.4) is 0 Å². The van der Waals surface area contributed by atoms with Crippen molar-refractivity contribution in [2.45, 2.75) is 38.8 Å². The number of hydrogen-bond acceptors (Lipinski definition) is 3. The minimum atomic E-state index is -4.29. The summed E-state index contributed by atoms with van der Waals surface area (Å²) >= 11 is 0. The van der Waals surface area contributed by atoms with Crippen molar-refractivity contribution in [1.82, 2.24) is 9.78 Å². The Bertz CT molecular complexity index is 1420. The van der Waals surface area contributed by atoms with Crippen molar-refractivity contribution in [2.75, 3.05) is 11.9 Å². The fourth-order valence-corrected chi connectivity index (χ4v) is 6.84. The van der Waals surface area contributed by atoms with E-state index in [1.807, 2.05) is 17.0 Å². The predicted octanol–water partition coefficient (Wildman–Crippen LogP) is 7.31. The molecule has 6 rings (SSSR count). The second-order valence-electron chi connectivity index (χ2n) is 10.9. The molecule has 2 aromatic carbocycles. The van der Waals surface area contributed by atoms with Crippen LogP contribution in [0.2, 0.25) is 0 Å². The van der Waals surface area contributed by atoms with Gasteiger partial charge in [0, 0.05) is 23.7 Å². The number of nitrogens with one attached hydrogen (secondary N) is 1. The Labute approximate surface area is 218 Å². The van der Waals surface area contributed by atoms with Gasteiger partial charge in [0.2, 0.25) is 0 Å². The zero-order valence-corrected chi connectivity index (χ0v) is 21.0. The van der Waals surface area contributed by atoms with Gasteiger partial charge >= 0.3 is 6.18 Å². The molecule has 38 heavy (non-hydrogen) atoms. The third-order valence-electron chi connectivity index (χ3n) is 8.72. The Hall–Kier alpha value is -3.55. The van der Waals surface area contributed by atoms with E-state index in [2.05, 4.69) is 23.4 Å². The van der Waals surface area contributed by atoms with Crippen LogP contribution in [0.5, 0.6) is 5.75 Å². The maximum atomic E-state index is 14.2. The SMILES string of the molecule is C[C@]12Cc3cnn(-c4ccc(F)cc4)c3C=C1CCC1C2=CC[C@@H](C(F)(F)F)[C@@H]1CNc1cccc(O)c1. The number of phenols is 1. The van der Waals surface area contributed by atoms with Crippen LogP contribution >= 0.6 is 0 Å². The molecular weight excluding hydrogens is 494 g/mol. The molecule has 0 spiro atoms. The molecule has 3 aromatic rings. The van der Waals surface area contributed by atoms with Gasteiger partial charge in [-0.15, -0.1) is 0 Å². The van der Waals surface area contributed by atoms with Gasteiger partial charge < -0.3 is 10.4 Å². The summed E-state index contributed by atoms with van der Waals surface area (Å²) in [6, 6.07) is 12.7. The number of nitrogens with zero attached hydrogens (tertiary/aromatic N) is 2. The first-order valence-electron chi connectivity index (χ1n) is 13.0. The summed E-state index contributed by atoms with van der Waals surface area (Å²) in [5.74, 6) is -2.47. The van der Waals surface area contributed by atoms with Crippen molar-refractivity contribution in [3.8, 4) is 11.4 Å². The van der Waals surface area contributed by atoms with E-state index in [-0.39, 0.29) is 35.9 Å². The Balaban J connectivity index is 1.32. The minimum Gasteiger partial charge on any atom is -0.508 e. The average Bonchev–Trinajstić information content (AvgIpc) is 3.27. The zero-order chi connectivity index (χ0) is 26.7. The number of aromatic hydroxyl groups is 1. The number of fused-ring (bicyclic) bond motifs is 4. The third-order valence-corrected chi connectivity index (χ3v) is 8.72. The van der Waals surface area contributed by atoms with E-state index in [0.29, 0.717) is 24.9 Å². The van der Waals surface area contributed by atoms with Crippen LogP contribution in [0.25, 0.3) is 11.8 Å². The van der Waals surface area contributed by atoms with Gasteiger partial charge in [0.05, 0.1) is 23.5 Å². The molecular formula is C30H29F4N3O. The van der Waals surface area contributed by atoms with Gasteiger partial charge in [-0.05, 0) is 85.6 Å². The van der Waals surface area contributed by atoms with Gasteiger partial charge in [-0.3, -0.25) is 0 Å². The molecule has 1 aromatic heterocycles. The molecule has 0 amide bonds. The molecule has 0 saturated heterocycles. The summed E-state index contributed by atoms with van der Waals surface area (Å²) in [7, 11) is 0. The minimum absolute atomic E-state index is 0.0354. The molecule has 4 nitrogen and oxygen atoms in total. The number of hydrogen-bond donors (Lipinski definition) is 2. The molecule has 1 fully saturated rings. The van der Waals surface area contributed by atoms with Gasteiger partial charge in [-0.25, -0.2) is 9.07 Å². The number of anilines is 1. The Kier molecular flexibility index (Phi) is 5.89. The highest BCUT2D eigenvalue weighted by atomic mass is 19.4. The molecule has 198 valence electrons. The molecule has 2 N–H and O–H groups in total. The molecule has 0 radical (unpaired) electrons. The van der Waals surface area contributed by atoms with Gasteiger partial charge in [-0.1, -0.05) is 30.2 Å². The van der Waals surface area contributed by atoms with Crippen LogP contribution < -0.4 is 5.32 Å². The summed E-state index contributed by atoms with van der Waals surface area (Å²) in [6.45, 7) is 2.33. The Morgan fingerprint density at radius 1 is 1.16 bits per heavy atom. The summed E-state index contributed by atoms with van der Waals surface area (Å²) in [4.78, 5) is 0. The molecule has 8 heteroatoms. The van der Waals surface area contributed by atoms with Gasteiger partial charge in [0.25, 0.3) is 0 Å². The van der Waals surface area contributed by atoms with E-state index >= 15 is 0 Å². The van der Waals surface area contributed by atoms with E-state index < -0.39 is 18.0 Å². The van der Waals surface area contributed by atoms with Crippen LogP contribution in [0.15, 0.2) is 72.0 Å². The largest absolute Gasteiger partial charge is 0.508 e. The van der Waals surface area contributed by atoms with Crippen LogP contribution in [-0.2, 0) is 6.42 Å². The topological polar surface area (TPSA) is 50.1 Å². The van der Waals surface area contributed by atoms with Crippen molar-refractivity contribution < 1.29 is 22.7 Å². The van der Waals surface area contributed by atoms with E-state index in [4.69, 9.17) is 0 Å². The van der Waals surface area contributed by atoms with Crippen LogP contribution in [0, 0.1) is 29.0 Å². The van der Waals surface area contributed by atoms with E-state index in [0.717, 1.165) is 22.5 Å². The lowest BCUT2D eigenvalue weighted by atomic mass is 9.54. The summed E-state index contributed by atoms with van der Waals surface area (Å²) in [5.41, 5.74) is 5.31. The predicted molar refractivity (Wildman–Crippen MR) is 138 cm³/mol. The number of phenolic OH excluding ortho intramolecular Hbond substituents is 1. The monoisotopic (exact) mass is 523 g/mol. The molecule has 4 atom stereocenters. The van der Waals surface area contributed by atoms with E-state index in [9.17, 15) is 22.7 Å². The molecule has 3 aliphatic carbocycles. The number of rotatable bonds is 4. The van der Waals surface area contributed by atoms with Gasteiger partial charge in [0.1, 0.15) is 11.6 Å². The lowest BCUT2D eigenvalue weighted by Crippen LogP contribution is -2.47. The molecule has 0 aliphatic heterocycles. The van der Waals surface area contributed by atoms with Crippen LogP contribution in [0.4, 0.5) is 23.2 Å². The molecule has 1 heterocycles. The zero-order valence-electron chi connectivity index (χ0n) is 21.0. The summed E-state index contributed by atoms with van der Waals surface area (Å²) in [5, 5.41) is 17.5. The van der Waals surface area contributed by atoms with Crippen molar-refractivity contribution in [3.63, 3.8) is 0 Å². The second kappa shape index (κ2) is 9.03. The van der Waals surface area contributed by atoms with Crippen molar-refractivity contribution >= 4 is 11.8 Å². The number of allylic oxidation sites excluding steroid dienone is 3. The van der Waals surface area contributed by atoms with Crippen LogP contribution in [-0.4, -0.2) is 27.6 Å². The number of benzene rings is 2. The Morgan fingerprint density at radius 3 is 2.68 bits per heavy atom. The van der Waals surface area contributed by atoms with Gasteiger partial charge in [0.15, 0.2) is 0 Å². The fraction of sp³-hybridized carbons (Fsp3) is 0.367. The highest BCUT2D eigenvalue weighted by molar-refractivity contribution is 5.64. The highest BCUT2D eigenvalue weighted by Gasteiger charge is 2.54. The summed E-state index contributed by atoms with van der Waals surface area (Å²) < 4.78 is 57.9. The molecule has 0 bridgehead atoms. The second-order valence-corrected chi connectivity index (χ2v) is 10.9. The Morgan fingerprint density at radius 2 is 1.95 bits per heavy atom. The van der Waals surface area contributed by atoms with E-state index in [1.54, 1.807) is 24.3 Å². The van der Waals surface area contributed by atoms with Crippen molar-refractivity contribution in [1.29, 1.82) is 0 Å². The summed E-state index contributed by atoms with van der Waals surface area (Å²) in [6.07, 6.45) is 3.52. The standard InChI is InChI=1S/C30H29F4N3O/c1-29-15-18-16-36-37(22-8-6-20(31)7-9-22)28(18)13-19(29)5-10-24-25(17-35-21-3-2-4-23(38)14-21)27(30(32,33)34)12-11-26(24)29/h2-4,6-9,11,13-14,16,24-25,27,35,38H,5,10,12,15,17H2,1H3/t24?,25-,27-,29+/m1/s1. The quantitative estimate of drug-likeness (QED) is 0.279. The number of aromatic nitrogens is 2. The van der Waals surface area contributed by atoms with Crippen LogP contribution in [0.1, 0.15) is 37.4 Å². The number of alkyl halides is 3. The van der Waals surface area contributed by atoms with Crippen molar-refractivity contribution in [3.05, 3.63) is 89.0 Å². The molecule has 1 saturated carbocycles. The lowest BCUT2D eigenvalue weighted by molar-refractivity contribution is -0.193. The average molecular weight is 524 g/mol. The normalized spacial score (nSPS) is 26.5. The smallest absolute Gasteiger partial charge is 0.392 e.